The lowest BCUT2D eigenvalue weighted by atomic mass is 10.2. The summed E-state index contributed by atoms with van der Waals surface area (Å²) in [6.07, 6.45) is 27.5. The normalized spacial score (nSPS) is 13.5. The first-order valence-electron chi connectivity index (χ1n) is 34.7. The smallest absolute Gasteiger partial charge is 0.393 e. The Morgan fingerprint density at radius 2 is 0.854 bits per heavy atom. The summed E-state index contributed by atoms with van der Waals surface area (Å²) < 4.78 is 59.4. The summed E-state index contributed by atoms with van der Waals surface area (Å²) >= 11 is 9.17. The third-order valence-corrected chi connectivity index (χ3v) is 26.1. The molecule has 25 heteroatoms. The van der Waals surface area contributed by atoms with Gasteiger partial charge in [-0.3, -0.25) is 49.8 Å². The molecule has 0 spiro atoms. The molecule has 0 unspecified atom stereocenters. The molecule has 0 radical (unpaired) electrons. The van der Waals surface area contributed by atoms with Crippen LogP contribution in [0.2, 0.25) is 0 Å². The fourth-order valence-electron chi connectivity index (χ4n) is 15.2. The molecule has 0 bridgehead atoms. The molecule has 0 fully saturated rings. The van der Waals surface area contributed by atoms with Crippen LogP contribution in [-0.4, -0.2) is 63.5 Å². The van der Waals surface area contributed by atoms with Crippen LogP contribution in [0.4, 0.5) is 0 Å². The number of pyridine rings is 10. The van der Waals surface area contributed by atoms with Crippen molar-refractivity contribution in [2.75, 3.05) is 0 Å². The fourth-order valence-corrected chi connectivity index (χ4v) is 21.9. The predicted octanol–water partition coefficient (Wildman–Crippen LogP) is 14.5. The van der Waals surface area contributed by atoms with Gasteiger partial charge in [-0.15, -0.1) is 4.57 Å². The van der Waals surface area contributed by atoms with E-state index in [2.05, 4.69) is 157 Å². The van der Waals surface area contributed by atoms with Crippen molar-refractivity contribution >= 4 is 162 Å². The zero-order valence-electron chi connectivity index (χ0n) is 57.2. The first-order valence-corrected chi connectivity index (χ1v) is 37.2. The van der Waals surface area contributed by atoms with Gasteiger partial charge < -0.3 is 8.83 Å². The number of oxazole rings is 1. The van der Waals surface area contributed by atoms with Crippen molar-refractivity contribution < 1.29 is 35.8 Å². The van der Waals surface area contributed by atoms with E-state index in [4.69, 9.17) is 12.9 Å². The topological polar surface area (TPSA) is 189 Å². The van der Waals surface area contributed by atoms with Gasteiger partial charge in [-0.2, -0.15) is 13.7 Å². The Bertz CT molecular complexity index is 7100. The van der Waals surface area contributed by atoms with E-state index >= 15 is 0 Å². The van der Waals surface area contributed by atoms with Gasteiger partial charge in [0.05, 0.1) is 109 Å². The minimum Gasteiger partial charge on any atom is -0.413 e. The molecule has 0 amide bonds. The number of aryl methyl sites for hydroxylation is 2. The van der Waals surface area contributed by atoms with Crippen LogP contribution in [0.25, 0.3) is 165 Å². The second kappa shape index (κ2) is 22.7. The Morgan fingerprint density at radius 3 is 1.50 bits per heavy atom. The number of thiophene rings is 1. The van der Waals surface area contributed by atoms with Crippen LogP contribution in [0.1, 0.15) is 32.6 Å². The van der Waals surface area contributed by atoms with Crippen LogP contribution in [0.15, 0.2) is 223 Å². The maximum Gasteiger partial charge on any atom is 0.393 e. The van der Waals surface area contributed by atoms with Crippen molar-refractivity contribution in [2.45, 2.75) is 32.7 Å². The first-order chi connectivity index (χ1) is 52.1. The Kier molecular flexibility index (Phi) is 12.3. The van der Waals surface area contributed by atoms with Crippen molar-refractivity contribution in [1.29, 1.82) is 0 Å². The number of hydrogen-bond acceptors (Lipinski definition) is 17. The number of rotatable bonds is 1. The van der Waals surface area contributed by atoms with E-state index in [9.17, 15) is 0 Å². The van der Waals surface area contributed by atoms with Crippen LogP contribution in [0.5, 0.6) is 0 Å². The summed E-state index contributed by atoms with van der Waals surface area (Å²) in [6.45, 7) is 1.55. The van der Waals surface area contributed by atoms with Gasteiger partial charge in [0, 0.05) is 78.9 Å². The van der Waals surface area contributed by atoms with E-state index in [1.54, 1.807) is 42.2 Å². The summed E-state index contributed by atoms with van der Waals surface area (Å²) in [5.74, 6) is 0.648. The maximum absolute atomic E-state index is 7.91. The van der Waals surface area contributed by atoms with Crippen LogP contribution < -0.4 is 22.8 Å². The Morgan fingerprint density at radius 1 is 0.379 bits per heavy atom. The number of para-hydroxylation sites is 1. The number of aromatic nitrogens is 18. The molecule has 0 aliphatic carbocycles. The third-order valence-electron chi connectivity index (χ3n) is 19.8. The molecule has 0 atom stereocenters. The highest BCUT2D eigenvalue weighted by molar-refractivity contribution is 7.32. The molecule has 103 heavy (non-hydrogen) atoms. The van der Waals surface area contributed by atoms with Crippen LogP contribution >= 0.6 is 56.7 Å². The first kappa shape index (κ1) is 55.6. The SMILES string of the molecule is Cn1c2cnccc2c2sc3[n+](c21)Cc1ncccc1-3.[2H]C([2H])([2H])n1c2cnccc2c2oc3[n+](c21)Cc1ncccc1-3.c1ccc(-n2c3cnccc3c3sc4[n+](c32)Cc2ncccc2-4)cc1.c1cnc2c(c1)-c1sc3c4ccncc4oc3[n+]1C2.c1cnc2c(c1)-c1sc3c4ccncc4sc3[n+]1C2. The second-order valence-electron chi connectivity index (χ2n) is 25.4. The van der Waals surface area contributed by atoms with Crippen molar-refractivity contribution in [2.24, 2.45) is 14.0 Å². The molecule has 20 aromatic heterocycles. The zero-order chi connectivity index (χ0) is 70.2. The number of furan rings is 1. The minimum absolute atomic E-state index is 0.498. The van der Waals surface area contributed by atoms with Gasteiger partial charge in [0.2, 0.25) is 5.58 Å². The molecule has 26 rings (SSSR count). The van der Waals surface area contributed by atoms with Crippen molar-refractivity contribution in [3.05, 3.63) is 243 Å². The van der Waals surface area contributed by atoms with Crippen molar-refractivity contribution in [3.63, 3.8) is 0 Å². The highest BCUT2D eigenvalue weighted by atomic mass is 32.1. The number of hydrogen-bond donors (Lipinski definition) is 0. The van der Waals surface area contributed by atoms with Gasteiger partial charge in [-0.1, -0.05) is 74.9 Å². The number of thiazole rings is 4. The Hall–Kier alpha value is -12.1. The lowest BCUT2D eigenvalue weighted by Crippen LogP contribution is -2.32. The largest absolute Gasteiger partial charge is 0.413 e. The van der Waals surface area contributed by atoms with E-state index in [0.717, 1.165) is 82.1 Å². The van der Waals surface area contributed by atoms with Gasteiger partial charge in [-0.05, 0) is 103 Å². The lowest BCUT2D eigenvalue weighted by molar-refractivity contribution is -0.652. The molecule has 490 valence electrons. The summed E-state index contributed by atoms with van der Waals surface area (Å²) in [6, 6.07) is 41.1. The van der Waals surface area contributed by atoms with Crippen molar-refractivity contribution in [1.82, 2.24) is 63.5 Å². The summed E-state index contributed by atoms with van der Waals surface area (Å²) in [4.78, 5) is 44.7. The predicted molar refractivity (Wildman–Crippen MR) is 400 cm³/mol. The van der Waals surface area contributed by atoms with Gasteiger partial charge in [-0.25, -0.2) is 18.3 Å². The highest BCUT2D eigenvalue weighted by Crippen LogP contribution is 2.45. The van der Waals surface area contributed by atoms with Crippen LogP contribution in [-0.2, 0) is 46.7 Å². The lowest BCUT2D eigenvalue weighted by Gasteiger charge is -2.00. The highest BCUT2D eigenvalue weighted by Gasteiger charge is 2.40. The molecule has 0 saturated heterocycles. The molecule has 0 saturated carbocycles. The monoisotopic (exact) mass is 1430 g/mol. The number of benzene rings is 1. The van der Waals surface area contributed by atoms with E-state index in [1.807, 2.05) is 161 Å². The summed E-state index contributed by atoms with van der Waals surface area (Å²) in [5.41, 5.74) is 20.9. The quantitative estimate of drug-likeness (QED) is 0.142. The minimum atomic E-state index is -2.32. The standard InChI is InChI=1S/C20H13N4S.C15H11N4O.C15H11N4S.C14H8N3OS.C14H8N3S2/c1-2-5-13(6-3-1)24-17-11-21-10-8-15(17)18-19(24)23-12-16-14(20(23)25-18)7-4-9-22-16;2*1-18-12-7-16-6-4-10(12)13-14(18)19-8-11-9(15(19)20-13)3-2-5-17-11;1-2-8-10(16-4-1)7-17-13-12(19-14(8)17)9-3-5-15-6-11(9)18-13;1-2-8-10(16-4-1)7-17-13(8)19-12-9-3-5-15-6-11(9)18-14(12)17/h1-11H,12H2;2*2-7H,8H2,1H3;2*1-6H,7H2/q5*+1/i;1D3;;;. The molecule has 5 aliphatic rings. The average Bonchev–Trinajstić information content (AvgIpc) is 1.56. The molecular formula is C78H51N18O2S5+5. The van der Waals surface area contributed by atoms with Crippen LogP contribution in [0, 0.1) is 0 Å². The molecule has 1 aromatic carbocycles. The van der Waals surface area contributed by atoms with Gasteiger partial charge in [0.25, 0.3) is 20.7 Å². The number of fused-ring (bicyclic) bond motifs is 35. The molecule has 0 N–H and O–H groups in total. The third kappa shape index (κ3) is 8.73. The van der Waals surface area contributed by atoms with E-state index < -0.39 is 6.98 Å². The van der Waals surface area contributed by atoms with Crippen molar-refractivity contribution in [3.8, 4) is 59.4 Å². The van der Waals surface area contributed by atoms with E-state index in [0.29, 0.717) is 29.2 Å². The molecule has 5 aliphatic heterocycles. The average molecular weight is 1440 g/mol. The molecule has 20 nitrogen and oxygen atoms in total. The number of nitrogens with zero attached hydrogens (tertiary/aromatic N) is 18. The van der Waals surface area contributed by atoms with Crippen LogP contribution in [0.3, 0.4) is 0 Å². The summed E-state index contributed by atoms with van der Waals surface area (Å²) in [7, 11) is 2.11. The molecule has 21 aromatic rings. The zero-order valence-corrected chi connectivity index (χ0v) is 58.2. The summed E-state index contributed by atoms with van der Waals surface area (Å²) in [5, 5.41) is 10.9. The Labute approximate surface area is 606 Å². The van der Waals surface area contributed by atoms with Gasteiger partial charge in [0.1, 0.15) is 50.8 Å². The second-order valence-corrected chi connectivity index (χ2v) is 30.4. The Balaban J connectivity index is 0.0000000830. The fraction of sp³-hybridized carbons (Fsp3) is 0.0897. The maximum atomic E-state index is 7.91. The molecular weight excluding hydrogens is 1380 g/mol. The van der Waals surface area contributed by atoms with Gasteiger partial charge in [0.15, 0.2) is 49.9 Å². The molecule has 25 heterocycles. The van der Waals surface area contributed by atoms with E-state index in [1.165, 1.54) is 120 Å². The van der Waals surface area contributed by atoms with Gasteiger partial charge >= 0.3 is 22.7 Å². The van der Waals surface area contributed by atoms with E-state index in [-0.39, 0.29) is 0 Å².